The van der Waals surface area contributed by atoms with E-state index >= 15 is 0 Å². The first-order valence-corrected chi connectivity index (χ1v) is 7.85. The van der Waals surface area contributed by atoms with Gasteiger partial charge in [-0.05, 0) is 34.8 Å². The third-order valence-corrected chi connectivity index (χ3v) is 4.86. The van der Waals surface area contributed by atoms with Crippen LogP contribution in [0.2, 0.25) is 0 Å². The lowest BCUT2D eigenvalue weighted by molar-refractivity contribution is 0.0740. The lowest BCUT2D eigenvalue weighted by Gasteiger charge is -2.27. The Hall–Kier alpha value is -0.760. The predicted molar refractivity (Wildman–Crippen MR) is 75.8 cm³/mol. The summed E-state index contributed by atoms with van der Waals surface area (Å²) in [7, 11) is 0. The smallest absolute Gasteiger partial charge is 0.241 e. The van der Waals surface area contributed by atoms with Gasteiger partial charge in [-0.15, -0.1) is 11.3 Å². The van der Waals surface area contributed by atoms with Crippen LogP contribution in [0.4, 0.5) is 0 Å². The average molecular weight is 344 g/mol. The second-order valence-electron chi connectivity index (χ2n) is 4.65. The highest BCUT2D eigenvalue weighted by Gasteiger charge is 2.19. The van der Waals surface area contributed by atoms with E-state index in [0.717, 1.165) is 35.3 Å². The van der Waals surface area contributed by atoms with Gasteiger partial charge >= 0.3 is 0 Å². The van der Waals surface area contributed by atoms with Gasteiger partial charge in [0.2, 0.25) is 11.7 Å². The van der Waals surface area contributed by atoms with Gasteiger partial charge in [0.1, 0.15) is 0 Å². The Kier molecular flexibility index (Phi) is 3.97. The Morgan fingerprint density at radius 2 is 2.26 bits per heavy atom. The van der Waals surface area contributed by atoms with Crippen molar-refractivity contribution in [1.29, 1.82) is 0 Å². The van der Waals surface area contributed by atoms with Gasteiger partial charge in [0.15, 0.2) is 0 Å². The van der Waals surface area contributed by atoms with Crippen molar-refractivity contribution in [2.24, 2.45) is 0 Å². The average Bonchev–Trinajstić information content (AvgIpc) is 3.01. The van der Waals surface area contributed by atoms with Gasteiger partial charge in [0, 0.05) is 22.9 Å². The summed E-state index contributed by atoms with van der Waals surface area (Å²) in [6, 6.07) is 1.98. The Bertz CT molecular complexity index is 549. The van der Waals surface area contributed by atoms with Crippen molar-refractivity contribution in [2.75, 3.05) is 13.1 Å². The second-order valence-corrected chi connectivity index (χ2v) is 6.48. The normalized spacial score (nSPS) is 18.0. The maximum Gasteiger partial charge on any atom is 0.241 e. The third-order valence-electron chi connectivity index (χ3n) is 3.17. The van der Waals surface area contributed by atoms with Crippen molar-refractivity contribution < 1.29 is 9.63 Å². The number of rotatable bonds is 3. The van der Waals surface area contributed by atoms with Crippen molar-refractivity contribution in [1.82, 2.24) is 15.0 Å². The van der Waals surface area contributed by atoms with Crippen molar-refractivity contribution in [3.8, 4) is 10.7 Å². The summed E-state index contributed by atoms with van der Waals surface area (Å²) in [6.45, 7) is 2.42. The monoisotopic (exact) mass is 343 g/mol. The molecule has 2 aromatic rings. The van der Waals surface area contributed by atoms with Crippen molar-refractivity contribution in [3.63, 3.8) is 0 Å². The van der Waals surface area contributed by atoms with E-state index in [1.165, 1.54) is 0 Å². The van der Waals surface area contributed by atoms with Gasteiger partial charge in [-0.3, -0.25) is 4.90 Å². The van der Waals surface area contributed by atoms with E-state index in [1.807, 2.05) is 11.4 Å². The molecule has 1 saturated heterocycles. The maximum absolute atomic E-state index is 9.47. The van der Waals surface area contributed by atoms with Gasteiger partial charge in [-0.2, -0.15) is 4.98 Å². The topological polar surface area (TPSA) is 62.4 Å². The van der Waals surface area contributed by atoms with Gasteiger partial charge in [0.05, 0.1) is 17.5 Å². The molecular weight excluding hydrogens is 330 g/mol. The summed E-state index contributed by atoms with van der Waals surface area (Å²) in [4.78, 5) is 7.64. The van der Waals surface area contributed by atoms with E-state index in [9.17, 15) is 5.11 Å². The zero-order valence-electron chi connectivity index (χ0n) is 10.3. The Morgan fingerprint density at radius 3 is 2.95 bits per heavy atom. The van der Waals surface area contributed by atoms with E-state index in [4.69, 9.17) is 4.52 Å². The molecule has 0 bridgehead atoms. The number of piperidine rings is 1. The molecule has 0 atom stereocenters. The van der Waals surface area contributed by atoms with E-state index in [2.05, 4.69) is 31.0 Å². The predicted octanol–water partition coefficient (Wildman–Crippen LogP) is 2.52. The molecule has 0 radical (unpaired) electrons. The molecule has 1 fully saturated rings. The first-order valence-electron chi connectivity index (χ1n) is 6.18. The maximum atomic E-state index is 9.47. The summed E-state index contributed by atoms with van der Waals surface area (Å²) in [5.41, 5.74) is 0. The quantitative estimate of drug-likeness (QED) is 0.927. The van der Waals surface area contributed by atoms with Gasteiger partial charge in [0.25, 0.3) is 0 Å². The fourth-order valence-electron chi connectivity index (χ4n) is 2.12. The fraction of sp³-hybridized carbons (Fsp3) is 0.500. The molecule has 3 rings (SSSR count). The fourth-order valence-corrected chi connectivity index (χ4v) is 3.47. The molecule has 1 aliphatic heterocycles. The molecule has 0 aromatic carbocycles. The van der Waals surface area contributed by atoms with Gasteiger partial charge in [-0.1, -0.05) is 5.16 Å². The minimum atomic E-state index is -0.155. The Labute approximate surface area is 123 Å². The number of hydrogen-bond acceptors (Lipinski definition) is 6. The van der Waals surface area contributed by atoms with Gasteiger partial charge < -0.3 is 9.63 Å². The van der Waals surface area contributed by atoms with E-state index in [0.29, 0.717) is 18.3 Å². The molecular formula is C12H14BrN3O2S. The molecule has 0 unspecified atom stereocenters. The molecule has 2 aromatic heterocycles. The number of thiophene rings is 1. The summed E-state index contributed by atoms with van der Waals surface area (Å²) in [5, 5.41) is 15.5. The van der Waals surface area contributed by atoms with Crippen molar-refractivity contribution >= 4 is 27.3 Å². The lowest BCUT2D eigenvalue weighted by Crippen LogP contribution is -2.35. The molecule has 19 heavy (non-hydrogen) atoms. The van der Waals surface area contributed by atoms with E-state index < -0.39 is 0 Å². The first kappa shape index (κ1) is 13.2. The molecule has 0 spiro atoms. The van der Waals surface area contributed by atoms with Crippen LogP contribution in [-0.2, 0) is 6.54 Å². The summed E-state index contributed by atoms with van der Waals surface area (Å²) in [6.07, 6.45) is 1.48. The number of aliphatic hydroxyl groups is 1. The van der Waals surface area contributed by atoms with Crippen LogP contribution in [-0.4, -0.2) is 39.3 Å². The highest BCUT2D eigenvalue weighted by Crippen LogP contribution is 2.27. The van der Waals surface area contributed by atoms with E-state index in [-0.39, 0.29) is 6.10 Å². The summed E-state index contributed by atoms with van der Waals surface area (Å²) >= 11 is 5.00. The minimum absolute atomic E-state index is 0.155. The van der Waals surface area contributed by atoms with Gasteiger partial charge in [-0.25, -0.2) is 0 Å². The standard InChI is InChI=1S/C12H14BrN3O2S/c13-8-5-10(19-7-8)12-14-11(18-15-12)6-16-3-1-9(17)2-4-16/h5,7,9,17H,1-4,6H2. The van der Waals surface area contributed by atoms with Crippen LogP contribution in [0.5, 0.6) is 0 Å². The number of halogens is 1. The molecule has 0 amide bonds. The second kappa shape index (κ2) is 5.70. The SMILES string of the molecule is OC1CCN(Cc2nc(-c3cc(Br)cs3)no2)CC1. The first-order chi connectivity index (χ1) is 9.20. The number of aliphatic hydroxyl groups excluding tert-OH is 1. The zero-order chi connectivity index (χ0) is 13.2. The number of likely N-dealkylation sites (tertiary alicyclic amines) is 1. The molecule has 102 valence electrons. The molecule has 1 N–H and O–H groups in total. The van der Waals surface area contributed by atoms with Crippen molar-refractivity contribution in [3.05, 3.63) is 21.8 Å². The molecule has 3 heterocycles. The van der Waals surface area contributed by atoms with E-state index in [1.54, 1.807) is 11.3 Å². The van der Waals surface area contributed by atoms with Crippen LogP contribution < -0.4 is 0 Å². The highest BCUT2D eigenvalue weighted by molar-refractivity contribution is 9.10. The Balaban J connectivity index is 1.65. The number of nitrogens with zero attached hydrogens (tertiary/aromatic N) is 3. The molecule has 0 saturated carbocycles. The van der Waals surface area contributed by atoms with Crippen LogP contribution in [0, 0.1) is 0 Å². The summed E-state index contributed by atoms with van der Waals surface area (Å²) in [5.74, 6) is 1.28. The van der Waals surface area contributed by atoms with Crippen molar-refractivity contribution in [2.45, 2.75) is 25.5 Å². The Morgan fingerprint density at radius 1 is 1.47 bits per heavy atom. The van der Waals surface area contributed by atoms with Crippen LogP contribution in [0.15, 0.2) is 20.4 Å². The van der Waals surface area contributed by atoms with Crippen LogP contribution in [0.1, 0.15) is 18.7 Å². The van der Waals surface area contributed by atoms with Crippen LogP contribution >= 0.6 is 27.3 Å². The largest absolute Gasteiger partial charge is 0.393 e. The molecule has 7 heteroatoms. The highest BCUT2D eigenvalue weighted by atomic mass is 79.9. The summed E-state index contributed by atoms with van der Waals surface area (Å²) < 4.78 is 6.32. The van der Waals surface area contributed by atoms with Crippen LogP contribution in [0.3, 0.4) is 0 Å². The third kappa shape index (κ3) is 3.22. The zero-order valence-corrected chi connectivity index (χ0v) is 12.7. The molecule has 1 aliphatic rings. The number of aromatic nitrogens is 2. The minimum Gasteiger partial charge on any atom is -0.393 e. The van der Waals surface area contributed by atoms with Crippen LogP contribution in [0.25, 0.3) is 10.7 Å². The number of hydrogen-bond donors (Lipinski definition) is 1. The molecule has 5 nitrogen and oxygen atoms in total. The lowest BCUT2D eigenvalue weighted by atomic mass is 10.1. The molecule has 0 aliphatic carbocycles.